The Hall–Kier alpha value is -3.87. The number of nitrogens with one attached hydrogen (secondary N) is 1. The summed E-state index contributed by atoms with van der Waals surface area (Å²) in [5, 5.41) is 23.6. The van der Waals surface area contributed by atoms with Crippen molar-refractivity contribution < 1.29 is 4.92 Å². The fourth-order valence-electron chi connectivity index (χ4n) is 2.13. The Labute approximate surface area is 149 Å². The van der Waals surface area contributed by atoms with Gasteiger partial charge in [0.2, 0.25) is 5.84 Å². The summed E-state index contributed by atoms with van der Waals surface area (Å²) in [6, 6.07) is 24.6. The maximum absolute atomic E-state index is 11.0. The largest absolute Gasteiger partial charge is 0.276 e. The minimum absolute atomic E-state index is 0.0372. The number of benzene rings is 3. The summed E-state index contributed by atoms with van der Waals surface area (Å²) in [6.07, 6.45) is 0. The first-order valence-electron chi connectivity index (χ1n) is 7.83. The number of hydrogen-bond acceptors (Lipinski definition) is 5. The van der Waals surface area contributed by atoms with Crippen LogP contribution in [0.5, 0.6) is 0 Å². The fraction of sp³-hybridized carbons (Fsp3) is 0. The molecule has 0 heterocycles. The van der Waals surface area contributed by atoms with Gasteiger partial charge in [0.05, 0.1) is 16.3 Å². The Morgan fingerprint density at radius 3 is 2.27 bits per heavy atom. The van der Waals surface area contributed by atoms with E-state index in [-0.39, 0.29) is 11.5 Å². The summed E-state index contributed by atoms with van der Waals surface area (Å²) in [7, 11) is 0. The molecule has 3 aromatic rings. The molecule has 0 aliphatic heterocycles. The molecule has 0 fully saturated rings. The van der Waals surface area contributed by atoms with Crippen LogP contribution in [0.1, 0.15) is 5.56 Å². The second-order valence-corrected chi connectivity index (χ2v) is 5.26. The van der Waals surface area contributed by atoms with Crippen LogP contribution in [0.2, 0.25) is 0 Å². The van der Waals surface area contributed by atoms with E-state index in [9.17, 15) is 10.1 Å². The quantitative estimate of drug-likeness (QED) is 0.228. The fourth-order valence-corrected chi connectivity index (χ4v) is 2.13. The monoisotopic (exact) mass is 345 g/mol. The molecule has 0 unspecified atom stereocenters. The summed E-state index contributed by atoms with van der Waals surface area (Å²) in [4.78, 5) is 10.6. The van der Waals surface area contributed by atoms with Gasteiger partial charge in [-0.05, 0) is 24.3 Å². The standard InChI is InChI=1S/C19H15N5O2/c25-24(26)18-13-7-8-15(14-18)19(22-20-16-9-3-1-4-10-16)23-21-17-11-5-2-6-12-17/h1-14,20H/b22-19+,23-21?. The highest BCUT2D eigenvalue weighted by atomic mass is 16.6. The van der Waals surface area contributed by atoms with Gasteiger partial charge >= 0.3 is 0 Å². The number of azo groups is 1. The van der Waals surface area contributed by atoms with Gasteiger partial charge in [0.25, 0.3) is 5.69 Å². The number of amidine groups is 1. The summed E-state index contributed by atoms with van der Waals surface area (Å²) in [5.41, 5.74) is 4.77. The highest BCUT2D eigenvalue weighted by Gasteiger charge is 2.10. The molecule has 0 aliphatic rings. The van der Waals surface area contributed by atoms with Crippen molar-refractivity contribution in [1.82, 2.24) is 0 Å². The number of rotatable bonds is 5. The van der Waals surface area contributed by atoms with Crippen molar-refractivity contribution in [3.8, 4) is 0 Å². The van der Waals surface area contributed by atoms with Gasteiger partial charge < -0.3 is 0 Å². The van der Waals surface area contributed by atoms with Crippen LogP contribution in [0.3, 0.4) is 0 Å². The van der Waals surface area contributed by atoms with Gasteiger partial charge in [0.1, 0.15) is 0 Å². The molecule has 0 aromatic heterocycles. The van der Waals surface area contributed by atoms with E-state index in [1.165, 1.54) is 12.1 Å². The lowest BCUT2D eigenvalue weighted by Gasteiger charge is -2.03. The highest BCUT2D eigenvalue weighted by molar-refractivity contribution is 6.00. The van der Waals surface area contributed by atoms with Crippen LogP contribution >= 0.6 is 0 Å². The normalized spacial score (nSPS) is 11.5. The van der Waals surface area contributed by atoms with Gasteiger partial charge in [0.15, 0.2) is 0 Å². The van der Waals surface area contributed by atoms with Gasteiger partial charge in [0, 0.05) is 17.7 Å². The van der Waals surface area contributed by atoms with Crippen molar-refractivity contribution in [2.45, 2.75) is 0 Å². The van der Waals surface area contributed by atoms with E-state index in [2.05, 4.69) is 20.8 Å². The molecule has 0 aliphatic carbocycles. The van der Waals surface area contributed by atoms with Gasteiger partial charge in [-0.1, -0.05) is 48.5 Å². The number of para-hydroxylation sites is 1. The van der Waals surface area contributed by atoms with Crippen molar-refractivity contribution in [2.75, 3.05) is 5.43 Å². The molecule has 128 valence electrons. The summed E-state index contributed by atoms with van der Waals surface area (Å²) < 4.78 is 0. The van der Waals surface area contributed by atoms with Crippen molar-refractivity contribution in [2.24, 2.45) is 15.3 Å². The molecule has 0 atom stereocenters. The number of nitro groups is 1. The molecule has 0 spiro atoms. The minimum Gasteiger partial charge on any atom is -0.276 e. The van der Waals surface area contributed by atoms with Gasteiger partial charge in [-0.3, -0.25) is 15.5 Å². The van der Waals surface area contributed by atoms with Crippen molar-refractivity contribution in [1.29, 1.82) is 0 Å². The molecule has 0 amide bonds. The molecule has 0 bridgehead atoms. The molecule has 0 radical (unpaired) electrons. The third-order valence-electron chi connectivity index (χ3n) is 3.40. The number of anilines is 1. The Morgan fingerprint density at radius 2 is 1.58 bits per heavy atom. The van der Waals surface area contributed by atoms with E-state index >= 15 is 0 Å². The molecule has 1 N–H and O–H groups in total. The molecule has 7 heteroatoms. The second-order valence-electron chi connectivity index (χ2n) is 5.26. The van der Waals surface area contributed by atoms with Crippen molar-refractivity contribution >= 4 is 22.9 Å². The van der Waals surface area contributed by atoms with E-state index in [1.807, 2.05) is 48.5 Å². The predicted octanol–water partition coefficient (Wildman–Crippen LogP) is 5.15. The maximum atomic E-state index is 11.0. The van der Waals surface area contributed by atoms with Gasteiger partial charge in [-0.2, -0.15) is 5.10 Å². The third kappa shape index (κ3) is 4.57. The van der Waals surface area contributed by atoms with Crippen LogP contribution in [-0.2, 0) is 0 Å². The second kappa shape index (κ2) is 8.29. The summed E-state index contributed by atoms with van der Waals surface area (Å²) in [5.74, 6) is 0.237. The topological polar surface area (TPSA) is 92.2 Å². The third-order valence-corrected chi connectivity index (χ3v) is 3.40. The molecular weight excluding hydrogens is 330 g/mol. The maximum Gasteiger partial charge on any atom is 0.270 e. The molecule has 0 saturated heterocycles. The molecule has 0 saturated carbocycles. The lowest BCUT2D eigenvalue weighted by atomic mass is 10.2. The smallest absolute Gasteiger partial charge is 0.270 e. The van der Waals surface area contributed by atoms with E-state index in [4.69, 9.17) is 0 Å². The van der Waals surface area contributed by atoms with E-state index in [1.54, 1.807) is 24.3 Å². The van der Waals surface area contributed by atoms with Crippen LogP contribution in [0, 0.1) is 10.1 Å². The highest BCUT2D eigenvalue weighted by Crippen LogP contribution is 2.17. The lowest BCUT2D eigenvalue weighted by Crippen LogP contribution is -2.02. The van der Waals surface area contributed by atoms with Gasteiger partial charge in [-0.15, -0.1) is 10.2 Å². The van der Waals surface area contributed by atoms with Crippen LogP contribution in [-0.4, -0.2) is 10.8 Å². The molecule has 3 rings (SSSR count). The zero-order chi connectivity index (χ0) is 18.2. The van der Waals surface area contributed by atoms with Crippen molar-refractivity contribution in [3.05, 3.63) is 101 Å². The van der Waals surface area contributed by atoms with Crippen LogP contribution in [0.15, 0.2) is 100 Å². The Balaban J connectivity index is 1.94. The average molecular weight is 345 g/mol. The summed E-state index contributed by atoms with van der Waals surface area (Å²) >= 11 is 0. The van der Waals surface area contributed by atoms with Gasteiger partial charge in [-0.25, -0.2) is 0 Å². The molecule has 26 heavy (non-hydrogen) atoms. The van der Waals surface area contributed by atoms with Crippen LogP contribution in [0.25, 0.3) is 0 Å². The van der Waals surface area contributed by atoms with Crippen molar-refractivity contribution in [3.63, 3.8) is 0 Å². The number of non-ortho nitro benzene ring substituents is 1. The SMILES string of the molecule is O=[N+]([O-])c1cccc(/C(N=Nc2ccccc2)=N\Nc2ccccc2)c1. The first kappa shape index (κ1) is 17.0. The Bertz CT molecular complexity index is 940. The number of hydrogen-bond donors (Lipinski definition) is 1. The number of nitrogens with zero attached hydrogens (tertiary/aromatic N) is 4. The molecule has 3 aromatic carbocycles. The molecule has 7 nitrogen and oxygen atoms in total. The number of nitro benzene ring substituents is 1. The minimum atomic E-state index is -0.458. The zero-order valence-electron chi connectivity index (χ0n) is 13.7. The lowest BCUT2D eigenvalue weighted by molar-refractivity contribution is -0.384. The Morgan fingerprint density at radius 1 is 0.885 bits per heavy atom. The van der Waals surface area contributed by atoms with E-state index < -0.39 is 4.92 Å². The zero-order valence-corrected chi connectivity index (χ0v) is 13.7. The van der Waals surface area contributed by atoms with E-state index in [0.29, 0.717) is 11.3 Å². The predicted molar refractivity (Wildman–Crippen MR) is 101 cm³/mol. The average Bonchev–Trinajstić information content (AvgIpc) is 2.69. The Kier molecular flexibility index (Phi) is 5.41. The molecular formula is C19H15N5O2. The summed E-state index contributed by atoms with van der Waals surface area (Å²) in [6.45, 7) is 0. The van der Waals surface area contributed by atoms with Crippen LogP contribution < -0.4 is 5.43 Å². The first-order valence-corrected chi connectivity index (χ1v) is 7.83. The number of hydrazone groups is 1. The van der Waals surface area contributed by atoms with E-state index in [0.717, 1.165) is 5.69 Å². The van der Waals surface area contributed by atoms with Crippen LogP contribution in [0.4, 0.5) is 17.1 Å². The first-order chi connectivity index (χ1) is 12.7.